The first kappa shape index (κ1) is 23.8. The second-order valence-electron chi connectivity index (χ2n) is 10.3. The van der Waals surface area contributed by atoms with Crippen molar-refractivity contribution in [3.8, 4) is 17.0 Å². The third-order valence-electron chi connectivity index (χ3n) is 6.10. The zero-order valence-corrected chi connectivity index (χ0v) is 21.4. The lowest BCUT2D eigenvalue weighted by Gasteiger charge is -2.33. The Balaban J connectivity index is 1.27. The molecule has 3 aromatic heterocycles. The van der Waals surface area contributed by atoms with Crippen LogP contribution in [0.2, 0.25) is 0 Å². The highest BCUT2D eigenvalue weighted by molar-refractivity contribution is 5.95. The molecule has 4 heterocycles. The van der Waals surface area contributed by atoms with Crippen molar-refractivity contribution in [2.24, 2.45) is 5.41 Å². The number of aromatic nitrogens is 5. The van der Waals surface area contributed by atoms with E-state index in [4.69, 9.17) is 9.15 Å². The fourth-order valence-corrected chi connectivity index (χ4v) is 4.28. The smallest absolute Gasteiger partial charge is 0.300 e. The Morgan fingerprint density at radius 1 is 1.08 bits per heavy atom. The Morgan fingerprint density at radius 2 is 1.86 bits per heavy atom. The molecule has 0 radical (unpaired) electrons. The molecular formula is C26H31N7O3. The van der Waals surface area contributed by atoms with Crippen molar-refractivity contribution in [3.63, 3.8) is 0 Å². The third kappa shape index (κ3) is 4.89. The number of piperazine rings is 1. The Morgan fingerprint density at radius 3 is 2.58 bits per heavy atom. The lowest BCUT2D eigenvalue weighted by molar-refractivity contribution is 0.0744. The first-order chi connectivity index (χ1) is 17.2. The molecule has 1 aliphatic heterocycles. The van der Waals surface area contributed by atoms with E-state index >= 15 is 0 Å². The van der Waals surface area contributed by atoms with Crippen molar-refractivity contribution in [1.82, 2.24) is 29.9 Å². The normalized spacial score (nSPS) is 14.5. The molecule has 0 aliphatic carbocycles. The minimum Gasteiger partial charge on any atom is -0.496 e. The van der Waals surface area contributed by atoms with Gasteiger partial charge in [0, 0.05) is 43.0 Å². The highest BCUT2D eigenvalue weighted by Gasteiger charge is 2.26. The number of methoxy groups -OCH3 is 1. The number of nitrogens with zero attached hydrogens (tertiary/aromatic N) is 7. The topological polar surface area (TPSA) is 102 Å². The Bertz CT molecular complexity index is 1390. The van der Waals surface area contributed by atoms with Gasteiger partial charge in [0.05, 0.1) is 19.9 Å². The van der Waals surface area contributed by atoms with E-state index in [-0.39, 0.29) is 11.3 Å². The molecule has 0 saturated carbocycles. The average molecular weight is 490 g/mol. The van der Waals surface area contributed by atoms with Crippen LogP contribution in [0.4, 0.5) is 6.01 Å². The van der Waals surface area contributed by atoms with Crippen molar-refractivity contribution in [2.75, 3.05) is 38.2 Å². The molecule has 4 aromatic rings. The number of carbonyl (C=O) groups excluding carboxylic acids is 1. The molecule has 0 N–H and O–H groups in total. The monoisotopic (exact) mass is 489 g/mol. The second kappa shape index (κ2) is 9.25. The first-order valence-corrected chi connectivity index (χ1v) is 12.1. The van der Waals surface area contributed by atoms with Gasteiger partial charge in [0.25, 0.3) is 11.9 Å². The van der Waals surface area contributed by atoms with Gasteiger partial charge in [0.1, 0.15) is 11.4 Å². The summed E-state index contributed by atoms with van der Waals surface area (Å²) in [5.41, 5.74) is 4.33. The molecule has 1 aliphatic rings. The van der Waals surface area contributed by atoms with Gasteiger partial charge in [-0.25, -0.2) is 4.98 Å². The number of rotatable bonds is 5. The first-order valence-electron chi connectivity index (χ1n) is 12.1. The van der Waals surface area contributed by atoms with Gasteiger partial charge in [-0.15, -0.1) is 0 Å². The van der Waals surface area contributed by atoms with Crippen LogP contribution in [0, 0.1) is 12.3 Å². The number of pyridine rings is 1. The van der Waals surface area contributed by atoms with Crippen LogP contribution >= 0.6 is 0 Å². The molecular weight excluding hydrogens is 458 g/mol. The highest BCUT2D eigenvalue weighted by atomic mass is 16.5. The van der Waals surface area contributed by atoms with Crippen LogP contribution in [0.3, 0.4) is 0 Å². The molecule has 1 fully saturated rings. The lowest BCUT2D eigenvalue weighted by Crippen LogP contribution is -2.48. The van der Waals surface area contributed by atoms with Crippen molar-refractivity contribution >= 4 is 23.2 Å². The van der Waals surface area contributed by atoms with Crippen LogP contribution < -0.4 is 9.64 Å². The number of amides is 1. The van der Waals surface area contributed by atoms with Crippen LogP contribution in [-0.4, -0.2) is 69.1 Å². The zero-order chi connectivity index (χ0) is 25.4. The minimum atomic E-state index is -0.0363. The summed E-state index contributed by atoms with van der Waals surface area (Å²) in [5, 5.41) is 8.99. The highest BCUT2D eigenvalue weighted by Crippen LogP contribution is 2.30. The van der Waals surface area contributed by atoms with E-state index in [0.29, 0.717) is 67.0 Å². The molecule has 1 amide bonds. The van der Waals surface area contributed by atoms with E-state index in [0.717, 1.165) is 11.3 Å². The van der Waals surface area contributed by atoms with E-state index in [1.165, 1.54) is 0 Å². The largest absolute Gasteiger partial charge is 0.496 e. The van der Waals surface area contributed by atoms with Gasteiger partial charge in [-0.3, -0.25) is 4.79 Å². The number of carbonyl (C=O) groups is 1. The SMILES string of the molecule is COc1cc(C(=O)N2CCN(c3nc4nc(C)ccc4o3)CC2)ccc1-c1cnn(CC(C)(C)C)n1. The van der Waals surface area contributed by atoms with Crippen LogP contribution in [0.5, 0.6) is 5.75 Å². The summed E-state index contributed by atoms with van der Waals surface area (Å²) < 4.78 is 11.5. The van der Waals surface area contributed by atoms with Crippen LogP contribution in [0.25, 0.3) is 22.5 Å². The van der Waals surface area contributed by atoms with Gasteiger partial charge in [-0.2, -0.15) is 20.0 Å². The number of aryl methyl sites for hydroxylation is 1. The summed E-state index contributed by atoms with van der Waals surface area (Å²) in [6, 6.07) is 9.81. The van der Waals surface area contributed by atoms with Gasteiger partial charge < -0.3 is 19.0 Å². The van der Waals surface area contributed by atoms with E-state index < -0.39 is 0 Å². The van der Waals surface area contributed by atoms with Crippen LogP contribution in [0.15, 0.2) is 40.9 Å². The van der Waals surface area contributed by atoms with Gasteiger partial charge in [-0.05, 0) is 42.7 Å². The maximum absolute atomic E-state index is 13.3. The Labute approximate surface area is 209 Å². The van der Waals surface area contributed by atoms with E-state index in [1.807, 2.05) is 41.0 Å². The minimum absolute atomic E-state index is 0.0363. The predicted molar refractivity (Wildman–Crippen MR) is 136 cm³/mol. The van der Waals surface area contributed by atoms with Crippen LogP contribution in [0.1, 0.15) is 36.8 Å². The number of oxazole rings is 1. The Hall–Kier alpha value is -3.95. The molecule has 1 aromatic carbocycles. The van der Waals surface area contributed by atoms with Crippen molar-refractivity contribution in [2.45, 2.75) is 34.2 Å². The molecule has 0 unspecified atom stereocenters. The third-order valence-corrected chi connectivity index (χ3v) is 6.10. The van der Waals surface area contributed by atoms with Gasteiger partial charge in [0.15, 0.2) is 5.58 Å². The number of hydrogen-bond donors (Lipinski definition) is 0. The van der Waals surface area contributed by atoms with E-state index in [2.05, 4.69) is 40.9 Å². The average Bonchev–Trinajstić information content (AvgIpc) is 3.48. The Kier molecular flexibility index (Phi) is 6.11. The van der Waals surface area contributed by atoms with Crippen molar-refractivity contribution in [3.05, 3.63) is 47.8 Å². The molecule has 36 heavy (non-hydrogen) atoms. The fourth-order valence-electron chi connectivity index (χ4n) is 4.28. The number of fused-ring (bicyclic) bond motifs is 1. The summed E-state index contributed by atoms with van der Waals surface area (Å²) in [6.07, 6.45) is 1.73. The maximum Gasteiger partial charge on any atom is 0.300 e. The van der Waals surface area contributed by atoms with Gasteiger partial charge >= 0.3 is 0 Å². The summed E-state index contributed by atoms with van der Waals surface area (Å²) in [6.45, 7) is 11.4. The van der Waals surface area contributed by atoms with Crippen molar-refractivity contribution in [1.29, 1.82) is 0 Å². The fraction of sp³-hybridized carbons (Fsp3) is 0.423. The van der Waals surface area contributed by atoms with E-state index in [1.54, 1.807) is 24.2 Å². The van der Waals surface area contributed by atoms with Crippen molar-refractivity contribution < 1.29 is 13.9 Å². The predicted octanol–water partition coefficient (Wildman–Crippen LogP) is 3.81. The van der Waals surface area contributed by atoms with E-state index in [9.17, 15) is 4.79 Å². The quantitative estimate of drug-likeness (QED) is 0.417. The number of ether oxygens (including phenoxy) is 1. The summed E-state index contributed by atoms with van der Waals surface area (Å²) in [4.78, 5) is 27.8. The molecule has 5 rings (SSSR count). The molecule has 10 nitrogen and oxygen atoms in total. The standard InChI is InChI=1S/C26H31N7O3/c1-17-6-9-21-23(28-17)29-25(36-21)32-12-10-31(11-13-32)24(34)18-7-8-19(22(14-18)35-5)20-15-27-33(30-20)16-26(2,3)4/h6-9,14-15H,10-13,16H2,1-5H3. The summed E-state index contributed by atoms with van der Waals surface area (Å²) in [7, 11) is 1.60. The summed E-state index contributed by atoms with van der Waals surface area (Å²) >= 11 is 0. The molecule has 0 atom stereocenters. The molecule has 0 bridgehead atoms. The molecule has 10 heteroatoms. The number of hydrogen-bond acceptors (Lipinski definition) is 8. The van der Waals surface area contributed by atoms with Gasteiger partial charge in [0.2, 0.25) is 5.65 Å². The molecule has 1 saturated heterocycles. The molecule has 188 valence electrons. The lowest BCUT2D eigenvalue weighted by atomic mass is 9.97. The molecule has 0 spiro atoms. The van der Waals surface area contributed by atoms with Gasteiger partial charge in [-0.1, -0.05) is 20.8 Å². The van der Waals surface area contributed by atoms with Crippen LogP contribution in [-0.2, 0) is 6.54 Å². The zero-order valence-electron chi connectivity index (χ0n) is 21.4. The number of anilines is 1. The number of benzene rings is 1. The second-order valence-corrected chi connectivity index (χ2v) is 10.3. The summed E-state index contributed by atoms with van der Waals surface area (Å²) in [5.74, 6) is 0.558. The maximum atomic E-state index is 13.3.